The number of benzene rings is 2. The Balaban J connectivity index is 1.62. The van der Waals surface area contributed by atoms with Crippen LogP contribution in [0.25, 0.3) is 16.9 Å². The molecule has 4 rings (SSSR count). The molecule has 0 spiro atoms. The minimum absolute atomic E-state index is 0.0465. The zero-order chi connectivity index (χ0) is 22.2. The molecular weight excluding hydrogens is 420 g/mol. The van der Waals surface area contributed by atoms with E-state index in [1.165, 1.54) is 18.2 Å². The van der Waals surface area contributed by atoms with Crippen molar-refractivity contribution in [2.24, 2.45) is 10.9 Å². The number of nitrogens with two attached hydrogens (primary N) is 2. The number of aliphatic hydroxyl groups is 1. The number of phenolic OH excluding ortho intramolecular Hbond substituents is 1. The lowest BCUT2D eigenvalue weighted by atomic mass is 10.1. The van der Waals surface area contributed by atoms with Crippen molar-refractivity contribution in [3.05, 3.63) is 72.2 Å². The number of nitrogens with zero attached hydrogens (tertiary/aromatic N) is 3. The minimum Gasteiger partial charge on any atom is -0.508 e. The fraction of sp³-hybridized carbons (Fsp3) is 0.100. The number of hydrogen-bond donors (Lipinski definition) is 5. The van der Waals surface area contributed by atoms with E-state index in [1.807, 2.05) is 4.40 Å². The quantitative estimate of drug-likeness (QED) is 0.280. The lowest BCUT2D eigenvalue weighted by Crippen LogP contribution is -2.12. The van der Waals surface area contributed by atoms with E-state index in [0.717, 1.165) is 11.3 Å². The van der Waals surface area contributed by atoms with Crippen LogP contribution in [0, 0.1) is 0 Å². The van der Waals surface area contributed by atoms with Crippen molar-refractivity contribution in [1.82, 2.24) is 14.4 Å². The average Bonchev–Trinajstić information content (AvgIpc) is 3.17. The maximum atomic E-state index is 11.4. The fourth-order valence-electron chi connectivity index (χ4n) is 3.19. The van der Waals surface area contributed by atoms with Gasteiger partial charge in [-0.3, -0.25) is 4.40 Å². The van der Waals surface area contributed by atoms with Crippen LogP contribution in [0.4, 0.5) is 5.82 Å². The van der Waals surface area contributed by atoms with Gasteiger partial charge in [0.25, 0.3) is 0 Å². The molecule has 0 radical (unpaired) electrons. The van der Waals surface area contributed by atoms with E-state index >= 15 is 0 Å². The van der Waals surface area contributed by atoms with Crippen molar-refractivity contribution < 1.29 is 18.6 Å². The van der Waals surface area contributed by atoms with E-state index in [9.17, 15) is 18.6 Å². The predicted molar refractivity (Wildman–Crippen MR) is 114 cm³/mol. The van der Waals surface area contributed by atoms with Crippen LogP contribution in [0.5, 0.6) is 5.75 Å². The molecule has 0 amide bonds. The van der Waals surface area contributed by atoms with Gasteiger partial charge in [-0.15, -0.1) is 0 Å². The SMILES string of the molecule is NC(O)c1cc(-c2cnc3c(NCc4ccc(S(N)(=O)=O)cc4)nccn23)ccc1O. The summed E-state index contributed by atoms with van der Waals surface area (Å²) in [6.07, 6.45) is 3.71. The van der Waals surface area contributed by atoms with Crippen molar-refractivity contribution in [2.75, 3.05) is 5.32 Å². The van der Waals surface area contributed by atoms with E-state index in [1.54, 1.807) is 42.9 Å². The third-order valence-electron chi connectivity index (χ3n) is 4.78. The minimum atomic E-state index is -3.74. The molecule has 160 valence electrons. The summed E-state index contributed by atoms with van der Waals surface area (Å²) in [6.45, 7) is 0.391. The Morgan fingerprint density at radius 1 is 1.13 bits per heavy atom. The largest absolute Gasteiger partial charge is 0.508 e. The number of imidazole rings is 1. The van der Waals surface area contributed by atoms with Gasteiger partial charge in [0.2, 0.25) is 10.0 Å². The summed E-state index contributed by atoms with van der Waals surface area (Å²) < 4.78 is 24.6. The van der Waals surface area contributed by atoms with Gasteiger partial charge in [0.15, 0.2) is 11.5 Å². The van der Waals surface area contributed by atoms with E-state index in [2.05, 4.69) is 15.3 Å². The van der Waals surface area contributed by atoms with Gasteiger partial charge in [0.1, 0.15) is 12.0 Å². The van der Waals surface area contributed by atoms with Gasteiger partial charge in [-0.05, 0) is 35.9 Å². The molecule has 0 aliphatic rings. The maximum absolute atomic E-state index is 11.4. The van der Waals surface area contributed by atoms with Crippen molar-refractivity contribution in [3.8, 4) is 17.0 Å². The molecule has 2 aromatic carbocycles. The van der Waals surface area contributed by atoms with Crippen molar-refractivity contribution in [3.63, 3.8) is 0 Å². The molecule has 1 atom stereocenters. The molecule has 1 unspecified atom stereocenters. The zero-order valence-electron chi connectivity index (χ0n) is 16.2. The standard InChI is InChI=1S/C20H20N6O4S/c21-18(28)15-9-13(3-6-17(15)27)16-11-25-20-19(23-7-8-26(16)20)24-10-12-1-4-14(5-2-12)31(22,29)30/h1-9,11,18,27-28H,10,21H2,(H,23,24)(H2,22,29,30). The van der Waals surface area contributed by atoms with Gasteiger partial charge in [-0.2, -0.15) is 0 Å². The molecule has 0 bridgehead atoms. The van der Waals surface area contributed by atoms with Crippen LogP contribution >= 0.6 is 0 Å². The van der Waals surface area contributed by atoms with Crippen molar-refractivity contribution in [2.45, 2.75) is 17.7 Å². The number of rotatable bonds is 6. The van der Waals surface area contributed by atoms with E-state index in [0.29, 0.717) is 23.6 Å². The van der Waals surface area contributed by atoms with Gasteiger partial charge in [-0.25, -0.2) is 23.5 Å². The monoisotopic (exact) mass is 440 g/mol. The highest BCUT2D eigenvalue weighted by molar-refractivity contribution is 7.89. The molecule has 31 heavy (non-hydrogen) atoms. The zero-order valence-corrected chi connectivity index (χ0v) is 17.0. The Labute approximate surface area is 177 Å². The highest BCUT2D eigenvalue weighted by Crippen LogP contribution is 2.29. The summed E-state index contributed by atoms with van der Waals surface area (Å²) in [6, 6.07) is 11.0. The number of nitrogens with one attached hydrogen (secondary N) is 1. The smallest absolute Gasteiger partial charge is 0.238 e. The highest BCUT2D eigenvalue weighted by Gasteiger charge is 2.14. The molecule has 4 aromatic rings. The number of hydrogen-bond acceptors (Lipinski definition) is 8. The Hall–Kier alpha value is -3.51. The summed E-state index contributed by atoms with van der Waals surface area (Å²) >= 11 is 0. The summed E-state index contributed by atoms with van der Waals surface area (Å²) in [4.78, 5) is 8.82. The summed E-state index contributed by atoms with van der Waals surface area (Å²) in [5, 5.41) is 27.8. The van der Waals surface area contributed by atoms with E-state index in [-0.39, 0.29) is 16.2 Å². The molecular formula is C20H20N6O4S. The lowest BCUT2D eigenvalue weighted by Gasteiger charge is -2.11. The fourth-order valence-corrected chi connectivity index (χ4v) is 3.71. The molecule has 0 aliphatic heterocycles. The van der Waals surface area contributed by atoms with E-state index in [4.69, 9.17) is 10.9 Å². The third kappa shape index (κ3) is 4.20. The number of phenols is 1. The lowest BCUT2D eigenvalue weighted by molar-refractivity contribution is 0.182. The van der Waals surface area contributed by atoms with Gasteiger partial charge < -0.3 is 21.3 Å². The van der Waals surface area contributed by atoms with E-state index < -0.39 is 16.3 Å². The Bertz CT molecular complexity index is 1350. The Morgan fingerprint density at radius 2 is 1.87 bits per heavy atom. The highest BCUT2D eigenvalue weighted by atomic mass is 32.2. The summed E-state index contributed by atoms with van der Waals surface area (Å²) in [5.41, 5.74) is 8.56. The first-order chi connectivity index (χ1) is 14.7. The van der Waals surface area contributed by atoms with Gasteiger partial charge >= 0.3 is 0 Å². The number of anilines is 1. The van der Waals surface area contributed by atoms with Crippen molar-refractivity contribution >= 4 is 21.5 Å². The summed E-state index contributed by atoms with van der Waals surface area (Å²) in [7, 11) is -3.74. The number of aromatic nitrogens is 3. The van der Waals surface area contributed by atoms with Gasteiger partial charge in [0.05, 0.1) is 16.8 Å². The maximum Gasteiger partial charge on any atom is 0.238 e. The van der Waals surface area contributed by atoms with Crippen molar-refractivity contribution in [1.29, 1.82) is 0 Å². The van der Waals surface area contributed by atoms with Gasteiger partial charge in [-0.1, -0.05) is 12.1 Å². The number of sulfonamides is 1. The number of aromatic hydroxyl groups is 1. The normalized spacial score (nSPS) is 12.7. The Kier molecular flexibility index (Phi) is 5.33. The number of aliphatic hydroxyl groups excluding tert-OH is 1. The molecule has 2 heterocycles. The first-order valence-corrected chi connectivity index (χ1v) is 10.7. The molecule has 0 fully saturated rings. The topological polar surface area (TPSA) is 169 Å². The first kappa shape index (κ1) is 20.8. The molecule has 0 saturated carbocycles. The van der Waals surface area contributed by atoms with Gasteiger partial charge in [0, 0.05) is 30.1 Å². The van der Waals surface area contributed by atoms with Crippen LogP contribution in [-0.2, 0) is 16.6 Å². The first-order valence-electron chi connectivity index (χ1n) is 9.18. The van der Waals surface area contributed by atoms with Crippen LogP contribution in [0.3, 0.4) is 0 Å². The number of primary sulfonamides is 1. The average molecular weight is 440 g/mol. The summed E-state index contributed by atoms with van der Waals surface area (Å²) in [5.74, 6) is 0.437. The molecule has 2 aromatic heterocycles. The second kappa shape index (κ2) is 7.96. The van der Waals surface area contributed by atoms with Crippen LogP contribution in [0.15, 0.2) is 66.0 Å². The number of fused-ring (bicyclic) bond motifs is 1. The second-order valence-electron chi connectivity index (χ2n) is 6.87. The predicted octanol–water partition coefficient (Wildman–Crippen LogP) is 1.31. The van der Waals surface area contributed by atoms with Crippen LogP contribution < -0.4 is 16.2 Å². The third-order valence-corrected chi connectivity index (χ3v) is 5.71. The molecule has 0 saturated heterocycles. The molecule has 0 aliphatic carbocycles. The Morgan fingerprint density at radius 3 is 2.55 bits per heavy atom. The second-order valence-corrected chi connectivity index (χ2v) is 8.44. The molecule has 10 nitrogen and oxygen atoms in total. The van der Waals surface area contributed by atoms with Crippen LogP contribution in [0.1, 0.15) is 17.4 Å². The van der Waals surface area contributed by atoms with Crippen LogP contribution in [0.2, 0.25) is 0 Å². The van der Waals surface area contributed by atoms with Crippen LogP contribution in [-0.4, -0.2) is 33.0 Å². The molecule has 11 heteroatoms. The molecule has 7 N–H and O–H groups in total.